The summed E-state index contributed by atoms with van der Waals surface area (Å²) < 4.78 is 0. The molecule has 0 fully saturated rings. The van der Waals surface area contributed by atoms with Crippen molar-refractivity contribution in [3.8, 4) is 0 Å². The zero-order valence-electron chi connectivity index (χ0n) is 10.2. The third-order valence-corrected chi connectivity index (χ3v) is 2.79. The number of nitrogen functional groups attached to an aromatic ring is 1. The van der Waals surface area contributed by atoms with Gasteiger partial charge in [0.25, 0.3) is 0 Å². The number of benzene rings is 1. The van der Waals surface area contributed by atoms with Crippen molar-refractivity contribution in [3.63, 3.8) is 0 Å². The summed E-state index contributed by atoms with van der Waals surface area (Å²) in [6.45, 7) is 6.04. The van der Waals surface area contributed by atoms with Crippen molar-refractivity contribution in [2.24, 2.45) is 0 Å². The molecular weight excluding hydrogens is 208 g/mol. The Labute approximate surface area is 103 Å². The fourth-order valence-electron chi connectivity index (χ4n) is 2.02. The molecule has 2 heteroatoms. The van der Waals surface area contributed by atoms with E-state index in [2.05, 4.69) is 29.7 Å². The van der Waals surface area contributed by atoms with Crippen molar-refractivity contribution in [2.75, 3.05) is 10.6 Å². The van der Waals surface area contributed by atoms with Gasteiger partial charge in [-0.25, -0.2) is 0 Å². The van der Waals surface area contributed by atoms with Gasteiger partial charge in [0.05, 0.1) is 11.4 Å². The molecule has 0 saturated heterocycles. The lowest BCUT2D eigenvalue weighted by molar-refractivity contribution is 0.981. The molecule has 0 aromatic heterocycles. The molecule has 88 valence electrons. The Morgan fingerprint density at radius 3 is 2.65 bits per heavy atom. The van der Waals surface area contributed by atoms with Crippen molar-refractivity contribution < 1.29 is 0 Å². The lowest BCUT2D eigenvalue weighted by Crippen LogP contribution is -2.20. The van der Waals surface area contributed by atoms with E-state index in [1.165, 1.54) is 0 Å². The molecule has 0 bridgehead atoms. The zero-order valence-corrected chi connectivity index (χ0v) is 10.2. The lowest BCUT2D eigenvalue weighted by atomic mass is 10.1. The minimum absolute atomic E-state index is 0.773. The molecule has 1 aromatic carbocycles. The molecule has 1 aliphatic rings. The summed E-state index contributed by atoms with van der Waals surface area (Å²) in [4.78, 5) is 2.10. The third kappa shape index (κ3) is 2.41. The first-order valence-electron chi connectivity index (χ1n) is 5.87. The monoisotopic (exact) mass is 226 g/mol. The molecule has 0 atom stereocenters. The number of allylic oxidation sites excluding steroid dienone is 4. The van der Waals surface area contributed by atoms with E-state index < -0.39 is 0 Å². The zero-order chi connectivity index (χ0) is 12.3. The first kappa shape index (κ1) is 11.5. The van der Waals surface area contributed by atoms with Crippen LogP contribution in [0.25, 0.3) is 0 Å². The standard InChI is InChI=1S/C15H18N2/c1-12(2)17(13-8-4-3-5-9-13)15-11-7-6-10-14(15)16/h4,6-11H,1,3,5,16H2,2H3. The van der Waals surface area contributed by atoms with Crippen molar-refractivity contribution in [1.82, 2.24) is 0 Å². The minimum Gasteiger partial charge on any atom is -0.397 e. The van der Waals surface area contributed by atoms with Crippen LogP contribution in [0.1, 0.15) is 19.8 Å². The molecule has 17 heavy (non-hydrogen) atoms. The minimum atomic E-state index is 0.773. The van der Waals surface area contributed by atoms with Crippen LogP contribution in [0.3, 0.4) is 0 Å². The largest absolute Gasteiger partial charge is 0.397 e. The second-order valence-electron chi connectivity index (χ2n) is 4.24. The highest BCUT2D eigenvalue weighted by molar-refractivity contribution is 5.73. The van der Waals surface area contributed by atoms with Gasteiger partial charge in [0.2, 0.25) is 0 Å². The highest BCUT2D eigenvalue weighted by Gasteiger charge is 2.14. The molecule has 0 radical (unpaired) electrons. The Balaban J connectivity index is 2.43. The molecule has 0 spiro atoms. The van der Waals surface area contributed by atoms with E-state index in [1.807, 2.05) is 31.2 Å². The average Bonchev–Trinajstić information content (AvgIpc) is 2.33. The van der Waals surface area contributed by atoms with Crippen LogP contribution in [0.15, 0.2) is 60.5 Å². The van der Waals surface area contributed by atoms with Crippen LogP contribution in [-0.4, -0.2) is 0 Å². The summed E-state index contributed by atoms with van der Waals surface area (Å²) in [6, 6.07) is 7.88. The van der Waals surface area contributed by atoms with E-state index in [-0.39, 0.29) is 0 Å². The highest BCUT2D eigenvalue weighted by atomic mass is 15.2. The Bertz CT molecular complexity index is 483. The topological polar surface area (TPSA) is 29.3 Å². The van der Waals surface area contributed by atoms with Crippen LogP contribution in [0.2, 0.25) is 0 Å². The molecule has 0 heterocycles. The second-order valence-corrected chi connectivity index (χ2v) is 4.24. The lowest BCUT2D eigenvalue weighted by Gasteiger charge is -2.28. The maximum atomic E-state index is 6.03. The summed E-state index contributed by atoms with van der Waals surface area (Å²) in [6.07, 6.45) is 8.72. The first-order chi connectivity index (χ1) is 8.20. The molecule has 1 aromatic rings. The molecule has 0 aliphatic heterocycles. The predicted molar refractivity (Wildman–Crippen MR) is 74.6 cm³/mol. The van der Waals surface area contributed by atoms with Gasteiger partial charge in [0, 0.05) is 11.4 Å². The Hall–Kier alpha value is -1.96. The molecular formula is C15H18N2. The van der Waals surface area contributed by atoms with E-state index in [0.29, 0.717) is 0 Å². The molecule has 2 N–H and O–H groups in total. The van der Waals surface area contributed by atoms with Crippen LogP contribution in [0.5, 0.6) is 0 Å². The van der Waals surface area contributed by atoms with E-state index in [1.54, 1.807) is 0 Å². The van der Waals surface area contributed by atoms with Crippen LogP contribution in [0, 0.1) is 0 Å². The normalized spacial score (nSPS) is 14.3. The van der Waals surface area contributed by atoms with E-state index in [9.17, 15) is 0 Å². The number of hydrogen-bond acceptors (Lipinski definition) is 2. The molecule has 0 amide bonds. The van der Waals surface area contributed by atoms with Gasteiger partial charge < -0.3 is 10.6 Å². The van der Waals surface area contributed by atoms with E-state index in [4.69, 9.17) is 5.73 Å². The van der Waals surface area contributed by atoms with E-state index >= 15 is 0 Å². The van der Waals surface area contributed by atoms with Crippen LogP contribution >= 0.6 is 0 Å². The van der Waals surface area contributed by atoms with Crippen molar-refractivity contribution >= 4 is 11.4 Å². The number of rotatable bonds is 3. The van der Waals surface area contributed by atoms with Crippen molar-refractivity contribution in [1.29, 1.82) is 0 Å². The van der Waals surface area contributed by atoms with Crippen molar-refractivity contribution in [2.45, 2.75) is 19.8 Å². The maximum absolute atomic E-state index is 6.03. The first-order valence-corrected chi connectivity index (χ1v) is 5.87. The van der Waals surface area contributed by atoms with Gasteiger partial charge in [-0.3, -0.25) is 0 Å². The summed E-state index contributed by atoms with van der Waals surface area (Å²) in [7, 11) is 0. The summed E-state index contributed by atoms with van der Waals surface area (Å²) in [5.74, 6) is 0. The Morgan fingerprint density at radius 2 is 2.06 bits per heavy atom. The SMILES string of the molecule is C=C(C)N(C1=CCCC=C1)c1ccccc1N. The fraction of sp³-hybridized carbons (Fsp3) is 0.200. The molecule has 0 unspecified atom stereocenters. The van der Waals surface area contributed by atoms with Crippen LogP contribution < -0.4 is 10.6 Å². The molecule has 1 aliphatic carbocycles. The fourth-order valence-corrected chi connectivity index (χ4v) is 2.02. The number of anilines is 2. The van der Waals surface area contributed by atoms with E-state index in [0.717, 1.165) is 35.6 Å². The average molecular weight is 226 g/mol. The summed E-state index contributed by atoms with van der Waals surface area (Å²) >= 11 is 0. The van der Waals surface area contributed by atoms with Gasteiger partial charge in [-0.1, -0.05) is 30.9 Å². The number of nitrogens with zero attached hydrogens (tertiary/aromatic N) is 1. The maximum Gasteiger partial charge on any atom is 0.0687 e. The van der Waals surface area contributed by atoms with Gasteiger partial charge >= 0.3 is 0 Å². The summed E-state index contributed by atoms with van der Waals surface area (Å²) in [5, 5.41) is 0. The van der Waals surface area contributed by atoms with Crippen LogP contribution in [-0.2, 0) is 0 Å². The Kier molecular flexibility index (Phi) is 3.33. The van der Waals surface area contributed by atoms with Gasteiger partial charge in [-0.15, -0.1) is 0 Å². The molecule has 0 saturated carbocycles. The third-order valence-electron chi connectivity index (χ3n) is 2.79. The number of hydrogen-bond donors (Lipinski definition) is 1. The quantitative estimate of drug-likeness (QED) is 0.793. The van der Waals surface area contributed by atoms with Crippen LogP contribution in [0.4, 0.5) is 11.4 Å². The van der Waals surface area contributed by atoms with Gasteiger partial charge in [-0.05, 0) is 38.0 Å². The van der Waals surface area contributed by atoms with Gasteiger partial charge in [-0.2, -0.15) is 0 Å². The highest BCUT2D eigenvalue weighted by Crippen LogP contribution is 2.30. The van der Waals surface area contributed by atoms with Gasteiger partial charge in [0.1, 0.15) is 0 Å². The summed E-state index contributed by atoms with van der Waals surface area (Å²) in [5.41, 5.74) is 9.93. The second kappa shape index (κ2) is 4.91. The van der Waals surface area contributed by atoms with Crippen molar-refractivity contribution in [3.05, 3.63) is 60.5 Å². The molecule has 2 rings (SSSR count). The van der Waals surface area contributed by atoms with Gasteiger partial charge in [0.15, 0.2) is 0 Å². The smallest absolute Gasteiger partial charge is 0.0687 e. The predicted octanol–water partition coefficient (Wildman–Crippen LogP) is 3.84. The molecule has 2 nitrogen and oxygen atoms in total. The Morgan fingerprint density at radius 1 is 1.29 bits per heavy atom. The number of nitrogens with two attached hydrogens (primary N) is 1. The number of para-hydroxylation sites is 2.